The third-order valence-corrected chi connectivity index (χ3v) is 3.38. The maximum atomic E-state index is 4.39. The van der Waals surface area contributed by atoms with Crippen molar-refractivity contribution >= 4 is 28.7 Å². The van der Waals surface area contributed by atoms with E-state index in [2.05, 4.69) is 35.2 Å². The SMILES string of the molecule is CNc1cc(Sc2ncnc3nc[nH]c23)nc(C)n1. The van der Waals surface area contributed by atoms with Gasteiger partial charge in [-0.15, -0.1) is 0 Å². The van der Waals surface area contributed by atoms with E-state index in [1.54, 1.807) is 6.33 Å². The molecule has 7 nitrogen and oxygen atoms in total. The van der Waals surface area contributed by atoms with E-state index < -0.39 is 0 Å². The molecule has 0 unspecified atom stereocenters. The quantitative estimate of drug-likeness (QED) is 0.701. The predicted molar refractivity (Wildman–Crippen MR) is 72.1 cm³/mol. The van der Waals surface area contributed by atoms with E-state index >= 15 is 0 Å². The van der Waals surface area contributed by atoms with E-state index in [0.717, 1.165) is 21.4 Å². The topological polar surface area (TPSA) is 92.3 Å². The number of H-pyrrole nitrogens is 1. The van der Waals surface area contributed by atoms with Crippen LogP contribution in [0, 0.1) is 6.92 Å². The number of anilines is 1. The number of hydrogen-bond acceptors (Lipinski definition) is 7. The normalized spacial score (nSPS) is 10.8. The van der Waals surface area contributed by atoms with Crippen LogP contribution in [0.1, 0.15) is 5.82 Å². The zero-order valence-electron chi connectivity index (χ0n) is 10.4. The Morgan fingerprint density at radius 1 is 1.21 bits per heavy atom. The Hall–Kier alpha value is -2.22. The van der Waals surface area contributed by atoms with Gasteiger partial charge in [-0.05, 0) is 18.7 Å². The minimum Gasteiger partial charge on any atom is -0.373 e. The van der Waals surface area contributed by atoms with E-state index in [0.29, 0.717) is 11.5 Å². The lowest BCUT2D eigenvalue weighted by atomic mass is 10.5. The van der Waals surface area contributed by atoms with Crippen LogP contribution in [0.3, 0.4) is 0 Å². The fourth-order valence-electron chi connectivity index (χ4n) is 1.64. The largest absolute Gasteiger partial charge is 0.373 e. The Kier molecular flexibility index (Phi) is 3.00. The summed E-state index contributed by atoms with van der Waals surface area (Å²) in [5.41, 5.74) is 1.46. The van der Waals surface area contributed by atoms with Gasteiger partial charge in [-0.2, -0.15) is 0 Å². The molecule has 8 heteroatoms. The average molecular weight is 273 g/mol. The van der Waals surface area contributed by atoms with Crippen LogP contribution in [0.2, 0.25) is 0 Å². The number of aryl methyl sites for hydroxylation is 1. The molecule has 3 rings (SSSR count). The highest BCUT2D eigenvalue weighted by molar-refractivity contribution is 7.99. The van der Waals surface area contributed by atoms with E-state index in [1.165, 1.54) is 18.1 Å². The lowest BCUT2D eigenvalue weighted by molar-refractivity contribution is 0.965. The number of nitrogens with zero attached hydrogens (tertiary/aromatic N) is 5. The number of nitrogens with one attached hydrogen (secondary N) is 2. The van der Waals surface area contributed by atoms with Crippen LogP contribution < -0.4 is 5.32 Å². The fraction of sp³-hybridized carbons (Fsp3) is 0.182. The molecule has 0 amide bonds. The highest BCUT2D eigenvalue weighted by Gasteiger charge is 2.09. The third kappa shape index (κ3) is 2.34. The van der Waals surface area contributed by atoms with Crippen LogP contribution in [-0.2, 0) is 0 Å². The van der Waals surface area contributed by atoms with Gasteiger partial charge in [0, 0.05) is 13.1 Å². The number of aromatic nitrogens is 6. The molecule has 0 atom stereocenters. The van der Waals surface area contributed by atoms with Crippen molar-refractivity contribution in [1.29, 1.82) is 0 Å². The van der Waals surface area contributed by atoms with Gasteiger partial charge in [-0.1, -0.05) is 0 Å². The summed E-state index contributed by atoms with van der Waals surface area (Å²) in [6.07, 6.45) is 3.10. The minimum atomic E-state index is 0.650. The van der Waals surface area contributed by atoms with Crippen LogP contribution in [-0.4, -0.2) is 37.0 Å². The number of aromatic amines is 1. The molecule has 3 heterocycles. The Morgan fingerprint density at radius 2 is 2.11 bits per heavy atom. The maximum Gasteiger partial charge on any atom is 0.181 e. The molecule has 0 aromatic carbocycles. The van der Waals surface area contributed by atoms with Crippen molar-refractivity contribution in [2.24, 2.45) is 0 Å². The Morgan fingerprint density at radius 3 is 2.95 bits per heavy atom. The monoisotopic (exact) mass is 273 g/mol. The Bertz CT molecular complexity index is 724. The molecule has 0 spiro atoms. The first-order valence-electron chi connectivity index (χ1n) is 5.61. The molecule has 0 fully saturated rings. The first-order chi connectivity index (χ1) is 9.26. The van der Waals surface area contributed by atoms with Gasteiger partial charge < -0.3 is 10.3 Å². The second kappa shape index (κ2) is 4.81. The molecule has 0 saturated carbocycles. The lowest BCUT2D eigenvalue weighted by Crippen LogP contribution is -1.97. The van der Waals surface area contributed by atoms with Gasteiger partial charge in [-0.25, -0.2) is 24.9 Å². The summed E-state index contributed by atoms with van der Waals surface area (Å²) < 4.78 is 0. The first-order valence-corrected chi connectivity index (χ1v) is 6.43. The lowest BCUT2D eigenvalue weighted by Gasteiger charge is -2.05. The van der Waals surface area contributed by atoms with Crippen molar-refractivity contribution in [3.05, 3.63) is 24.5 Å². The summed E-state index contributed by atoms with van der Waals surface area (Å²) in [4.78, 5) is 24.1. The molecule has 0 radical (unpaired) electrons. The molecule has 96 valence electrons. The zero-order valence-corrected chi connectivity index (χ0v) is 11.2. The van der Waals surface area contributed by atoms with E-state index in [9.17, 15) is 0 Å². The summed E-state index contributed by atoms with van der Waals surface area (Å²) in [6.45, 7) is 1.86. The van der Waals surface area contributed by atoms with Crippen molar-refractivity contribution in [2.75, 3.05) is 12.4 Å². The van der Waals surface area contributed by atoms with Crippen molar-refractivity contribution in [1.82, 2.24) is 29.9 Å². The van der Waals surface area contributed by atoms with Crippen molar-refractivity contribution in [3.63, 3.8) is 0 Å². The number of hydrogen-bond donors (Lipinski definition) is 2. The summed E-state index contributed by atoms with van der Waals surface area (Å²) in [5.74, 6) is 1.49. The number of imidazole rings is 1. The van der Waals surface area contributed by atoms with Crippen molar-refractivity contribution < 1.29 is 0 Å². The molecular formula is C11H11N7S. The molecule has 0 aliphatic rings. The van der Waals surface area contributed by atoms with Crippen LogP contribution in [0.15, 0.2) is 28.8 Å². The average Bonchev–Trinajstić information content (AvgIpc) is 2.87. The highest BCUT2D eigenvalue weighted by atomic mass is 32.2. The van der Waals surface area contributed by atoms with Gasteiger partial charge in [0.05, 0.1) is 6.33 Å². The predicted octanol–water partition coefficient (Wildman–Crippen LogP) is 1.64. The molecule has 0 aliphatic heterocycles. The summed E-state index contributed by atoms with van der Waals surface area (Å²) >= 11 is 1.45. The third-order valence-electron chi connectivity index (χ3n) is 2.46. The molecular weight excluding hydrogens is 262 g/mol. The van der Waals surface area contributed by atoms with Crippen molar-refractivity contribution in [3.8, 4) is 0 Å². The van der Waals surface area contributed by atoms with E-state index in [1.807, 2.05) is 20.0 Å². The molecule has 3 aromatic heterocycles. The summed E-state index contributed by atoms with van der Waals surface area (Å²) in [6, 6.07) is 1.88. The molecule has 0 bridgehead atoms. The van der Waals surface area contributed by atoms with E-state index in [4.69, 9.17) is 0 Å². The second-order valence-corrected chi connectivity index (χ2v) is 4.78. The van der Waals surface area contributed by atoms with Crippen molar-refractivity contribution in [2.45, 2.75) is 17.0 Å². The van der Waals surface area contributed by atoms with Gasteiger partial charge in [0.25, 0.3) is 0 Å². The Labute approximate surface area is 113 Å². The smallest absolute Gasteiger partial charge is 0.181 e. The van der Waals surface area contributed by atoms with Gasteiger partial charge in [-0.3, -0.25) is 0 Å². The van der Waals surface area contributed by atoms with Crippen LogP contribution >= 0.6 is 11.8 Å². The Balaban J connectivity index is 2.01. The molecule has 0 saturated heterocycles. The molecule has 2 N–H and O–H groups in total. The summed E-state index contributed by atoms with van der Waals surface area (Å²) in [7, 11) is 1.83. The van der Waals surface area contributed by atoms with Gasteiger partial charge >= 0.3 is 0 Å². The number of rotatable bonds is 3. The van der Waals surface area contributed by atoms with Crippen LogP contribution in [0.4, 0.5) is 5.82 Å². The summed E-state index contributed by atoms with van der Waals surface area (Å²) in [5, 5.41) is 4.63. The first kappa shape index (κ1) is 11.8. The second-order valence-electron chi connectivity index (χ2n) is 3.77. The molecule has 3 aromatic rings. The maximum absolute atomic E-state index is 4.39. The van der Waals surface area contributed by atoms with Gasteiger partial charge in [0.15, 0.2) is 5.65 Å². The number of fused-ring (bicyclic) bond motifs is 1. The zero-order chi connectivity index (χ0) is 13.2. The van der Waals surface area contributed by atoms with Crippen LogP contribution in [0.5, 0.6) is 0 Å². The van der Waals surface area contributed by atoms with Gasteiger partial charge in [0.1, 0.15) is 33.5 Å². The van der Waals surface area contributed by atoms with Gasteiger partial charge in [0.2, 0.25) is 0 Å². The van der Waals surface area contributed by atoms with Crippen LogP contribution in [0.25, 0.3) is 11.2 Å². The molecule has 0 aliphatic carbocycles. The standard InChI is InChI=1S/C11H11N7S/c1-6-17-7(12-2)3-8(18-6)19-11-9-10(14-4-13-9)15-5-16-11/h3-5H,1-2H3,(H,12,17,18)(H,13,14,15,16). The highest BCUT2D eigenvalue weighted by Crippen LogP contribution is 2.29. The van der Waals surface area contributed by atoms with E-state index in [-0.39, 0.29) is 0 Å². The minimum absolute atomic E-state index is 0.650. The molecule has 19 heavy (non-hydrogen) atoms. The fourth-order valence-corrected chi connectivity index (χ4v) is 2.54.